The summed E-state index contributed by atoms with van der Waals surface area (Å²) < 4.78 is 41.6. The summed E-state index contributed by atoms with van der Waals surface area (Å²) in [5, 5.41) is 18.9. The van der Waals surface area contributed by atoms with E-state index in [0.29, 0.717) is 24.2 Å². The van der Waals surface area contributed by atoms with Crippen molar-refractivity contribution in [3.8, 4) is 17.2 Å². The van der Waals surface area contributed by atoms with Gasteiger partial charge >= 0.3 is 6.18 Å². The molecule has 156 valence electrons. The van der Waals surface area contributed by atoms with E-state index in [0.717, 1.165) is 23.1 Å². The Morgan fingerprint density at radius 3 is 2.40 bits per heavy atom. The molecule has 0 aliphatic heterocycles. The number of hydrogen-bond acceptors (Lipinski definition) is 3. The molecular formula is C23H22F3N3O. The summed E-state index contributed by atoms with van der Waals surface area (Å²) >= 11 is 0. The van der Waals surface area contributed by atoms with Gasteiger partial charge in [-0.2, -0.15) is 18.4 Å². The maximum absolute atomic E-state index is 13.4. The fourth-order valence-corrected chi connectivity index (χ4v) is 3.44. The van der Waals surface area contributed by atoms with Crippen LogP contribution in [0, 0.1) is 11.3 Å². The Balaban J connectivity index is 1.95. The highest BCUT2D eigenvalue weighted by Gasteiger charge is 2.38. The van der Waals surface area contributed by atoms with E-state index in [4.69, 9.17) is 0 Å². The van der Waals surface area contributed by atoms with Crippen molar-refractivity contribution in [2.45, 2.75) is 45.5 Å². The number of alkyl halides is 3. The Kier molecular flexibility index (Phi) is 6.58. The van der Waals surface area contributed by atoms with Gasteiger partial charge in [0.2, 0.25) is 0 Å². The minimum atomic E-state index is -4.62. The Bertz CT molecular complexity index is 1050. The monoisotopic (exact) mass is 413 g/mol. The molecule has 7 heteroatoms. The number of rotatable bonds is 7. The van der Waals surface area contributed by atoms with Crippen molar-refractivity contribution in [2.75, 3.05) is 0 Å². The molecule has 2 aromatic carbocycles. The molecule has 30 heavy (non-hydrogen) atoms. The van der Waals surface area contributed by atoms with Gasteiger partial charge in [0.15, 0.2) is 5.69 Å². The van der Waals surface area contributed by atoms with Gasteiger partial charge in [0, 0.05) is 13.0 Å². The van der Waals surface area contributed by atoms with E-state index in [-0.39, 0.29) is 12.2 Å². The summed E-state index contributed by atoms with van der Waals surface area (Å²) in [4.78, 5) is 3.82. The second kappa shape index (κ2) is 9.14. The second-order valence-corrected chi connectivity index (χ2v) is 7.02. The van der Waals surface area contributed by atoms with E-state index >= 15 is 0 Å². The molecule has 4 nitrogen and oxygen atoms in total. The van der Waals surface area contributed by atoms with E-state index in [1.807, 2.05) is 43.3 Å². The molecule has 3 aromatic rings. The molecule has 1 aromatic heterocycles. The third-order valence-corrected chi connectivity index (χ3v) is 4.98. The van der Waals surface area contributed by atoms with Gasteiger partial charge in [0.05, 0.1) is 23.9 Å². The highest BCUT2D eigenvalue weighted by atomic mass is 19.4. The van der Waals surface area contributed by atoms with E-state index in [1.54, 1.807) is 12.1 Å². The number of imidazole rings is 1. The van der Waals surface area contributed by atoms with Crippen molar-refractivity contribution >= 4 is 0 Å². The number of nitrogens with zero attached hydrogens (tertiary/aromatic N) is 3. The van der Waals surface area contributed by atoms with E-state index < -0.39 is 18.5 Å². The zero-order chi connectivity index (χ0) is 21.7. The van der Waals surface area contributed by atoms with Crippen molar-refractivity contribution in [1.29, 1.82) is 5.26 Å². The molecule has 0 saturated heterocycles. The standard InChI is InChI=1S/C23H22F3N3O/c1-2-3-8-21-28-22(23(24,25)26)20(15-30)29(21)14-16-9-11-17(12-10-16)19-7-5-4-6-18(19)13-27/h4-7,9-12,30H,2-3,8,14-15H2,1H3. The average Bonchev–Trinajstić information content (AvgIpc) is 3.10. The van der Waals surface area contributed by atoms with Crippen LogP contribution in [0.1, 0.15) is 48.1 Å². The molecule has 0 aliphatic rings. The van der Waals surface area contributed by atoms with Gasteiger partial charge in [0.25, 0.3) is 0 Å². The number of aromatic nitrogens is 2. The lowest BCUT2D eigenvalue weighted by molar-refractivity contribution is -0.142. The van der Waals surface area contributed by atoms with Gasteiger partial charge in [-0.1, -0.05) is 55.8 Å². The number of benzene rings is 2. The lowest BCUT2D eigenvalue weighted by Crippen LogP contribution is -2.13. The van der Waals surface area contributed by atoms with Crippen LogP contribution >= 0.6 is 0 Å². The summed E-state index contributed by atoms with van der Waals surface area (Å²) in [5.41, 5.74) is 1.76. The molecule has 0 fully saturated rings. The van der Waals surface area contributed by atoms with E-state index in [9.17, 15) is 23.5 Å². The Morgan fingerprint density at radius 2 is 1.80 bits per heavy atom. The van der Waals surface area contributed by atoms with Gasteiger partial charge in [-0.25, -0.2) is 4.98 Å². The number of aliphatic hydroxyl groups is 1. The SMILES string of the molecule is CCCCc1nc(C(F)(F)F)c(CO)n1Cc1ccc(-c2ccccc2C#N)cc1. The third kappa shape index (κ3) is 4.55. The smallest absolute Gasteiger partial charge is 0.390 e. The molecule has 0 spiro atoms. The summed E-state index contributed by atoms with van der Waals surface area (Å²) in [6, 6.07) is 16.7. The number of nitriles is 1. The summed E-state index contributed by atoms with van der Waals surface area (Å²) in [6.45, 7) is 1.41. The molecule has 0 radical (unpaired) electrons. The van der Waals surface area contributed by atoms with Gasteiger partial charge in [-0.3, -0.25) is 0 Å². The van der Waals surface area contributed by atoms with E-state index in [1.165, 1.54) is 4.57 Å². The average molecular weight is 413 g/mol. The Labute approximate surface area is 173 Å². The van der Waals surface area contributed by atoms with Crippen LogP contribution < -0.4 is 0 Å². The van der Waals surface area contributed by atoms with Crippen molar-refractivity contribution in [2.24, 2.45) is 0 Å². The van der Waals surface area contributed by atoms with Crippen molar-refractivity contribution < 1.29 is 18.3 Å². The van der Waals surface area contributed by atoms with Crippen LogP contribution in [0.3, 0.4) is 0 Å². The first kappa shape index (κ1) is 21.6. The fraction of sp³-hybridized carbons (Fsp3) is 0.304. The fourth-order valence-electron chi connectivity index (χ4n) is 3.44. The molecular weight excluding hydrogens is 391 g/mol. The number of aliphatic hydroxyl groups excluding tert-OH is 1. The second-order valence-electron chi connectivity index (χ2n) is 7.02. The third-order valence-electron chi connectivity index (χ3n) is 4.98. The van der Waals surface area contributed by atoms with Crippen molar-refractivity contribution in [1.82, 2.24) is 9.55 Å². The van der Waals surface area contributed by atoms with Crippen molar-refractivity contribution in [3.63, 3.8) is 0 Å². The molecule has 0 amide bonds. The number of aryl methyl sites for hydroxylation is 1. The van der Waals surface area contributed by atoms with E-state index in [2.05, 4.69) is 11.1 Å². The van der Waals surface area contributed by atoms with Crippen LogP contribution in [0.15, 0.2) is 48.5 Å². The van der Waals surface area contributed by atoms with Crippen LogP contribution in [-0.4, -0.2) is 14.7 Å². The van der Waals surface area contributed by atoms with Gasteiger partial charge in [-0.05, 0) is 29.2 Å². The largest absolute Gasteiger partial charge is 0.435 e. The normalized spacial score (nSPS) is 11.5. The first-order chi connectivity index (χ1) is 14.4. The molecule has 1 N–H and O–H groups in total. The van der Waals surface area contributed by atoms with Crippen LogP contribution in [0.4, 0.5) is 13.2 Å². The predicted octanol–water partition coefficient (Wildman–Crippen LogP) is 5.32. The highest BCUT2D eigenvalue weighted by molar-refractivity contribution is 5.70. The zero-order valence-corrected chi connectivity index (χ0v) is 16.6. The molecule has 0 saturated carbocycles. The zero-order valence-electron chi connectivity index (χ0n) is 16.6. The number of halogens is 3. The highest BCUT2D eigenvalue weighted by Crippen LogP contribution is 2.33. The quantitative estimate of drug-likeness (QED) is 0.570. The first-order valence-electron chi connectivity index (χ1n) is 9.73. The lowest BCUT2D eigenvalue weighted by atomic mass is 9.99. The first-order valence-corrected chi connectivity index (χ1v) is 9.73. The maximum Gasteiger partial charge on any atom is 0.435 e. The van der Waals surface area contributed by atoms with Gasteiger partial charge < -0.3 is 9.67 Å². The summed E-state index contributed by atoms with van der Waals surface area (Å²) in [5.74, 6) is 0.326. The molecule has 0 bridgehead atoms. The van der Waals surface area contributed by atoms with Crippen molar-refractivity contribution in [3.05, 3.63) is 76.9 Å². The molecule has 0 unspecified atom stereocenters. The van der Waals surface area contributed by atoms with Gasteiger partial charge in [0.1, 0.15) is 5.82 Å². The lowest BCUT2D eigenvalue weighted by Gasteiger charge is -2.13. The van der Waals surface area contributed by atoms with Crippen LogP contribution in [0.25, 0.3) is 11.1 Å². The maximum atomic E-state index is 13.4. The minimum Gasteiger partial charge on any atom is -0.390 e. The molecule has 1 heterocycles. The summed E-state index contributed by atoms with van der Waals surface area (Å²) in [6.07, 6.45) is -2.67. The Hall–Kier alpha value is -3.11. The Morgan fingerprint density at radius 1 is 1.10 bits per heavy atom. The van der Waals surface area contributed by atoms with Gasteiger partial charge in [-0.15, -0.1) is 0 Å². The molecule has 0 aliphatic carbocycles. The number of unbranched alkanes of at least 4 members (excludes halogenated alkanes) is 1. The number of hydrogen-bond donors (Lipinski definition) is 1. The van der Waals surface area contributed by atoms with Crippen LogP contribution in [0.2, 0.25) is 0 Å². The van der Waals surface area contributed by atoms with Crippen LogP contribution in [0.5, 0.6) is 0 Å². The molecule has 3 rings (SSSR count). The predicted molar refractivity (Wildman–Crippen MR) is 107 cm³/mol. The minimum absolute atomic E-state index is 0.179. The molecule has 0 atom stereocenters. The summed E-state index contributed by atoms with van der Waals surface area (Å²) in [7, 11) is 0. The van der Waals surface area contributed by atoms with Crippen LogP contribution in [-0.2, 0) is 25.7 Å². The topological polar surface area (TPSA) is 61.8 Å².